The maximum Gasteiger partial charge on any atom is 0.0589 e. The summed E-state index contributed by atoms with van der Waals surface area (Å²) < 4.78 is 6.02. The SMILES string of the molecule is COCCN(C)CCNc1ccc(N)cc1Br. The van der Waals surface area contributed by atoms with E-state index >= 15 is 0 Å². The third-order valence-corrected chi connectivity index (χ3v) is 3.14. The molecule has 0 aliphatic carbocycles. The highest BCUT2D eigenvalue weighted by Crippen LogP contribution is 2.24. The summed E-state index contributed by atoms with van der Waals surface area (Å²) in [5.74, 6) is 0. The summed E-state index contributed by atoms with van der Waals surface area (Å²) in [5.41, 5.74) is 7.51. The molecule has 17 heavy (non-hydrogen) atoms. The highest BCUT2D eigenvalue weighted by atomic mass is 79.9. The summed E-state index contributed by atoms with van der Waals surface area (Å²) in [7, 11) is 3.80. The summed E-state index contributed by atoms with van der Waals surface area (Å²) in [4.78, 5) is 2.22. The lowest BCUT2D eigenvalue weighted by atomic mass is 10.3. The zero-order valence-corrected chi connectivity index (χ0v) is 12.0. The molecule has 0 aliphatic rings. The smallest absolute Gasteiger partial charge is 0.0589 e. The molecule has 0 aliphatic heterocycles. The van der Waals surface area contributed by atoms with Crippen molar-refractivity contribution in [3.8, 4) is 0 Å². The van der Waals surface area contributed by atoms with Gasteiger partial charge >= 0.3 is 0 Å². The lowest BCUT2D eigenvalue weighted by Gasteiger charge is -2.17. The van der Waals surface area contributed by atoms with Crippen molar-refractivity contribution in [2.24, 2.45) is 0 Å². The number of nitrogens with one attached hydrogen (secondary N) is 1. The number of hydrogen-bond donors (Lipinski definition) is 2. The lowest BCUT2D eigenvalue weighted by molar-refractivity contribution is 0.163. The number of nitrogen functional groups attached to an aromatic ring is 1. The van der Waals surface area contributed by atoms with Gasteiger partial charge in [0.1, 0.15) is 0 Å². The van der Waals surface area contributed by atoms with Crippen LogP contribution in [-0.4, -0.2) is 45.3 Å². The van der Waals surface area contributed by atoms with E-state index in [1.807, 2.05) is 18.2 Å². The van der Waals surface area contributed by atoms with E-state index in [1.165, 1.54) is 0 Å². The average molecular weight is 302 g/mol. The number of benzene rings is 1. The molecule has 0 unspecified atom stereocenters. The Hall–Kier alpha value is -0.780. The number of hydrogen-bond acceptors (Lipinski definition) is 4. The molecule has 1 rings (SSSR count). The van der Waals surface area contributed by atoms with Gasteiger partial charge in [-0.05, 0) is 41.2 Å². The van der Waals surface area contributed by atoms with E-state index in [2.05, 4.69) is 33.2 Å². The molecule has 96 valence electrons. The zero-order chi connectivity index (χ0) is 12.7. The molecular weight excluding hydrogens is 282 g/mol. The fourth-order valence-corrected chi connectivity index (χ4v) is 1.95. The van der Waals surface area contributed by atoms with Gasteiger partial charge in [-0.2, -0.15) is 0 Å². The molecule has 0 amide bonds. The Balaban J connectivity index is 2.30. The molecule has 0 bridgehead atoms. The number of rotatable bonds is 7. The Morgan fingerprint density at radius 3 is 2.82 bits per heavy atom. The van der Waals surface area contributed by atoms with Gasteiger partial charge in [-0.3, -0.25) is 0 Å². The Labute approximate surface area is 111 Å². The number of nitrogens with two attached hydrogens (primary N) is 1. The van der Waals surface area contributed by atoms with Crippen molar-refractivity contribution in [1.29, 1.82) is 0 Å². The quantitative estimate of drug-likeness (QED) is 0.757. The first kappa shape index (κ1) is 14.3. The summed E-state index contributed by atoms with van der Waals surface area (Å²) in [6.07, 6.45) is 0. The van der Waals surface area contributed by atoms with Gasteiger partial charge in [-0.25, -0.2) is 0 Å². The Kier molecular flexibility index (Phi) is 6.32. The van der Waals surface area contributed by atoms with E-state index in [9.17, 15) is 0 Å². The number of ether oxygens (including phenoxy) is 1. The molecule has 0 heterocycles. The number of nitrogens with zero attached hydrogens (tertiary/aromatic N) is 1. The molecule has 3 N–H and O–H groups in total. The Morgan fingerprint density at radius 1 is 1.41 bits per heavy atom. The molecule has 0 saturated heterocycles. The first-order valence-electron chi connectivity index (χ1n) is 5.60. The van der Waals surface area contributed by atoms with Gasteiger partial charge in [0, 0.05) is 42.6 Å². The van der Waals surface area contributed by atoms with Gasteiger partial charge in [0.05, 0.1) is 6.61 Å². The van der Waals surface area contributed by atoms with E-state index in [0.29, 0.717) is 0 Å². The third kappa shape index (κ3) is 5.39. The zero-order valence-electron chi connectivity index (χ0n) is 10.4. The van der Waals surface area contributed by atoms with Crippen LogP contribution in [0.15, 0.2) is 22.7 Å². The minimum atomic E-state index is 0.764. The summed E-state index contributed by atoms with van der Waals surface area (Å²) in [6.45, 7) is 3.58. The van der Waals surface area contributed by atoms with Crippen molar-refractivity contribution >= 4 is 27.3 Å². The van der Waals surface area contributed by atoms with Crippen LogP contribution >= 0.6 is 15.9 Å². The van der Waals surface area contributed by atoms with Gasteiger partial charge in [0.15, 0.2) is 0 Å². The van der Waals surface area contributed by atoms with Gasteiger partial charge in [-0.1, -0.05) is 0 Å². The second-order valence-electron chi connectivity index (χ2n) is 3.96. The van der Waals surface area contributed by atoms with E-state index in [0.717, 1.165) is 42.1 Å². The maximum absolute atomic E-state index is 5.68. The molecule has 1 aromatic rings. The van der Waals surface area contributed by atoms with E-state index < -0.39 is 0 Å². The number of methoxy groups -OCH3 is 1. The van der Waals surface area contributed by atoms with Crippen LogP contribution in [0.3, 0.4) is 0 Å². The minimum absolute atomic E-state index is 0.764. The van der Waals surface area contributed by atoms with Gasteiger partial charge in [-0.15, -0.1) is 0 Å². The summed E-state index contributed by atoms with van der Waals surface area (Å²) in [5, 5.41) is 3.36. The molecular formula is C12H20BrN3O. The van der Waals surface area contributed by atoms with Crippen molar-refractivity contribution in [3.05, 3.63) is 22.7 Å². The van der Waals surface area contributed by atoms with Crippen molar-refractivity contribution in [1.82, 2.24) is 4.90 Å². The summed E-state index contributed by atoms with van der Waals surface area (Å²) in [6, 6.07) is 5.77. The first-order chi connectivity index (χ1) is 8.13. The normalized spacial score (nSPS) is 10.8. The van der Waals surface area contributed by atoms with Crippen LogP contribution in [0, 0.1) is 0 Å². The van der Waals surface area contributed by atoms with Crippen LogP contribution in [0.1, 0.15) is 0 Å². The van der Waals surface area contributed by atoms with Crippen LogP contribution in [0.25, 0.3) is 0 Å². The van der Waals surface area contributed by atoms with Crippen molar-refractivity contribution in [2.45, 2.75) is 0 Å². The fourth-order valence-electron chi connectivity index (χ4n) is 1.42. The topological polar surface area (TPSA) is 50.5 Å². The summed E-state index contributed by atoms with van der Waals surface area (Å²) >= 11 is 3.48. The molecule has 0 aromatic heterocycles. The molecule has 0 saturated carbocycles. The highest BCUT2D eigenvalue weighted by Gasteiger charge is 2.01. The molecule has 0 fully saturated rings. The van der Waals surface area contributed by atoms with Crippen molar-refractivity contribution in [3.63, 3.8) is 0 Å². The predicted molar refractivity (Wildman–Crippen MR) is 76.4 cm³/mol. The maximum atomic E-state index is 5.68. The van der Waals surface area contributed by atoms with E-state index in [4.69, 9.17) is 10.5 Å². The minimum Gasteiger partial charge on any atom is -0.399 e. The van der Waals surface area contributed by atoms with Crippen LogP contribution in [0.4, 0.5) is 11.4 Å². The molecule has 0 atom stereocenters. The van der Waals surface area contributed by atoms with Crippen molar-refractivity contribution in [2.75, 3.05) is 51.4 Å². The first-order valence-corrected chi connectivity index (χ1v) is 6.39. The number of halogens is 1. The van der Waals surface area contributed by atoms with Crippen LogP contribution < -0.4 is 11.1 Å². The molecule has 0 radical (unpaired) electrons. The van der Waals surface area contributed by atoms with Gasteiger partial charge in [0.25, 0.3) is 0 Å². The number of anilines is 2. The Morgan fingerprint density at radius 2 is 2.18 bits per heavy atom. The van der Waals surface area contributed by atoms with Crippen LogP contribution in [0.2, 0.25) is 0 Å². The Bertz CT molecular complexity index is 347. The largest absolute Gasteiger partial charge is 0.399 e. The van der Waals surface area contributed by atoms with Gasteiger partial charge < -0.3 is 20.7 Å². The highest BCUT2D eigenvalue weighted by molar-refractivity contribution is 9.10. The van der Waals surface area contributed by atoms with E-state index in [1.54, 1.807) is 7.11 Å². The monoisotopic (exact) mass is 301 g/mol. The van der Waals surface area contributed by atoms with Crippen LogP contribution in [-0.2, 0) is 4.74 Å². The second kappa shape index (κ2) is 7.53. The predicted octanol–water partition coefficient (Wildman–Crippen LogP) is 2.02. The molecule has 4 nitrogen and oxygen atoms in total. The molecule has 5 heteroatoms. The lowest BCUT2D eigenvalue weighted by Crippen LogP contribution is -2.28. The van der Waals surface area contributed by atoms with E-state index in [-0.39, 0.29) is 0 Å². The number of likely N-dealkylation sites (N-methyl/N-ethyl adjacent to an activating group) is 1. The molecule has 0 spiro atoms. The standard InChI is InChI=1S/C12H20BrN3O/c1-16(7-8-17-2)6-5-15-12-4-3-10(14)9-11(12)13/h3-4,9,15H,5-8,14H2,1-2H3. The molecule has 1 aromatic carbocycles. The van der Waals surface area contributed by atoms with Crippen LogP contribution in [0.5, 0.6) is 0 Å². The van der Waals surface area contributed by atoms with Crippen molar-refractivity contribution < 1.29 is 4.74 Å². The average Bonchev–Trinajstić information content (AvgIpc) is 2.29. The van der Waals surface area contributed by atoms with Gasteiger partial charge in [0.2, 0.25) is 0 Å². The third-order valence-electron chi connectivity index (χ3n) is 2.48. The second-order valence-corrected chi connectivity index (χ2v) is 4.82. The fraction of sp³-hybridized carbons (Fsp3) is 0.500.